The van der Waals surface area contributed by atoms with Crippen LogP contribution < -0.4 is 5.32 Å². The first-order valence-electron chi connectivity index (χ1n) is 7.81. The average molecular weight is 281 g/mol. The van der Waals surface area contributed by atoms with Gasteiger partial charge in [0.05, 0.1) is 5.69 Å². The number of hydrogen-bond acceptors (Lipinski definition) is 3. The number of hydrogen-bond donors (Lipinski definition) is 1. The predicted molar refractivity (Wildman–Crippen MR) is 85.5 cm³/mol. The Morgan fingerprint density at radius 2 is 2.00 bits per heavy atom. The number of aromatic nitrogens is 2. The quantitative estimate of drug-likeness (QED) is 0.940. The summed E-state index contributed by atoms with van der Waals surface area (Å²) in [6.45, 7) is 8.43. The first-order chi connectivity index (χ1) is 10.2. The van der Waals surface area contributed by atoms with Crippen molar-refractivity contribution in [3.63, 3.8) is 0 Å². The van der Waals surface area contributed by atoms with Gasteiger partial charge in [0.1, 0.15) is 5.82 Å². The molecular weight excluding hydrogens is 258 g/mol. The third-order valence-electron chi connectivity index (χ3n) is 4.33. The largest absolute Gasteiger partial charge is 0.312 e. The lowest BCUT2D eigenvalue weighted by Gasteiger charge is -2.19. The normalized spacial score (nSPS) is 14.0. The maximum absolute atomic E-state index is 4.82. The third kappa shape index (κ3) is 2.98. The molecule has 1 aliphatic heterocycles. The van der Waals surface area contributed by atoms with Crippen LogP contribution in [0.2, 0.25) is 0 Å². The van der Waals surface area contributed by atoms with Gasteiger partial charge in [-0.3, -0.25) is 0 Å². The average Bonchev–Trinajstić information content (AvgIpc) is 2.50. The monoisotopic (exact) mass is 281 g/mol. The van der Waals surface area contributed by atoms with E-state index >= 15 is 0 Å². The minimum Gasteiger partial charge on any atom is -0.312 e. The van der Waals surface area contributed by atoms with Crippen LogP contribution in [0.3, 0.4) is 0 Å². The molecule has 0 aliphatic carbocycles. The number of benzene rings is 1. The Kier molecular flexibility index (Phi) is 4.02. The van der Waals surface area contributed by atoms with Crippen LogP contribution in [-0.4, -0.2) is 16.5 Å². The molecule has 3 heteroatoms. The van der Waals surface area contributed by atoms with Gasteiger partial charge in [-0.1, -0.05) is 25.1 Å². The van der Waals surface area contributed by atoms with Crippen LogP contribution >= 0.6 is 0 Å². The van der Waals surface area contributed by atoms with E-state index in [0.717, 1.165) is 38.2 Å². The molecule has 0 unspecified atom stereocenters. The van der Waals surface area contributed by atoms with Crippen LogP contribution in [0.5, 0.6) is 0 Å². The molecule has 1 N–H and O–H groups in total. The van der Waals surface area contributed by atoms with Gasteiger partial charge in [-0.2, -0.15) is 0 Å². The molecule has 0 saturated carbocycles. The molecule has 0 spiro atoms. The number of nitrogens with zero attached hydrogens (tertiary/aromatic N) is 2. The van der Waals surface area contributed by atoms with E-state index in [-0.39, 0.29) is 0 Å². The minimum absolute atomic E-state index is 0.828. The highest BCUT2D eigenvalue weighted by Crippen LogP contribution is 2.18. The van der Waals surface area contributed by atoms with Gasteiger partial charge in [-0.05, 0) is 37.0 Å². The van der Waals surface area contributed by atoms with E-state index in [0.29, 0.717) is 0 Å². The van der Waals surface area contributed by atoms with E-state index in [2.05, 4.69) is 44.3 Å². The number of aryl methyl sites for hydroxylation is 3. The van der Waals surface area contributed by atoms with E-state index in [4.69, 9.17) is 9.97 Å². The van der Waals surface area contributed by atoms with Crippen molar-refractivity contribution < 1.29 is 0 Å². The molecule has 0 amide bonds. The van der Waals surface area contributed by atoms with Gasteiger partial charge in [0.15, 0.2) is 0 Å². The molecule has 3 nitrogen and oxygen atoms in total. The minimum atomic E-state index is 0.828. The highest BCUT2D eigenvalue weighted by atomic mass is 14.9. The molecular formula is C18H23N3. The Bertz CT molecular complexity index is 645. The fraction of sp³-hybridized carbons (Fsp3) is 0.444. The Labute approximate surface area is 126 Å². The molecule has 1 aliphatic rings. The summed E-state index contributed by atoms with van der Waals surface area (Å²) in [6.07, 6.45) is 2.83. The Balaban J connectivity index is 1.93. The Hall–Kier alpha value is -1.74. The van der Waals surface area contributed by atoms with E-state index < -0.39 is 0 Å². The Morgan fingerprint density at radius 3 is 2.76 bits per heavy atom. The fourth-order valence-electron chi connectivity index (χ4n) is 2.94. The number of fused-ring (bicyclic) bond motifs is 1. The van der Waals surface area contributed by atoms with E-state index in [1.807, 2.05) is 0 Å². The van der Waals surface area contributed by atoms with Crippen LogP contribution in [0.15, 0.2) is 18.2 Å². The predicted octanol–water partition coefficient (Wildman–Crippen LogP) is 2.89. The summed E-state index contributed by atoms with van der Waals surface area (Å²) in [5.41, 5.74) is 7.77. The molecule has 2 aromatic rings. The van der Waals surface area contributed by atoms with Crippen LogP contribution in [0.4, 0.5) is 0 Å². The fourth-order valence-corrected chi connectivity index (χ4v) is 2.94. The zero-order chi connectivity index (χ0) is 14.8. The van der Waals surface area contributed by atoms with Gasteiger partial charge in [-0.25, -0.2) is 9.97 Å². The van der Waals surface area contributed by atoms with Crippen molar-refractivity contribution in [3.8, 4) is 0 Å². The lowest BCUT2D eigenvalue weighted by molar-refractivity contribution is 0.611. The summed E-state index contributed by atoms with van der Waals surface area (Å²) < 4.78 is 0. The van der Waals surface area contributed by atoms with Gasteiger partial charge in [0.25, 0.3) is 0 Å². The van der Waals surface area contributed by atoms with E-state index in [1.54, 1.807) is 0 Å². The van der Waals surface area contributed by atoms with E-state index in [1.165, 1.54) is 33.6 Å². The van der Waals surface area contributed by atoms with Crippen molar-refractivity contribution in [3.05, 3.63) is 57.7 Å². The van der Waals surface area contributed by atoms with Crippen LogP contribution in [0.25, 0.3) is 0 Å². The van der Waals surface area contributed by atoms with Crippen LogP contribution in [0.1, 0.15) is 46.4 Å². The second-order valence-electron chi connectivity index (χ2n) is 5.89. The summed E-state index contributed by atoms with van der Waals surface area (Å²) in [5, 5.41) is 3.42. The maximum Gasteiger partial charge on any atom is 0.133 e. The summed E-state index contributed by atoms with van der Waals surface area (Å²) in [4.78, 5) is 9.62. The van der Waals surface area contributed by atoms with Crippen molar-refractivity contribution in [2.45, 2.75) is 46.6 Å². The Morgan fingerprint density at radius 1 is 1.14 bits per heavy atom. The molecule has 3 rings (SSSR count). The first-order valence-corrected chi connectivity index (χ1v) is 7.81. The first kappa shape index (κ1) is 14.2. The molecule has 21 heavy (non-hydrogen) atoms. The molecule has 2 heterocycles. The van der Waals surface area contributed by atoms with Crippen LogP contribution in [-0.2, 0) is 25.8 Å². The van der Waals surface area contributed by atoms with Gasteiger partial charge in [-0.15, -0.1) is 0 Å². The molecule has 1 aromatic carbocycles. The van der Waals surface area contributed by atoms with Gasteiger partial charge in [0, 0.05) is 37.2 Å². The van der Waals surface area contributed by atoms with Gasteiger partial charge in [0.2, 0.25) is 0 Å². The number of nitrogens with one attached hydrogen (secondary N) is 1. The lowest BCUT2D eigenvalue weighted by Crippen LogP contribution is -2.27. The summed E-state index contributed by atoms with van der Waals surface area (Å²) in [6, 6.07) is 6.64. The van der Waals surface area contributed by atoms with Crippen molar-refractivity contribution in [2.75, 3.05) is 6.54 Å². The zero-order valence-electron chi connectivity index (χ0n) is 13.2. The molecule has 0 fully saturated rings. The zero-order valence-corrected chi connectivity index (χ0v) is 13.2. The molecule has 0 radical (unpaired) electrons. The molecule has 0 saturated heterocycles. The summed E-state index contributed by atoms with van der Waals surface area (Å²) in [7, 11) is 0. The topological polar surface area (TPSA) is 37.8 Å². The standard InChI is InChI=1S/C18H23N3/c1-4-16-15-11-19-8-7-17(15)21-18(20-16)10-14-6-5-12(2)13(3)9-14/h5-6,9,19H,4,7-8,10-11H2,1-3H3. The molecule has 1 aromatic heterocycles. The lowest BCUT2D eigenvalue weighted by atomic mass is 10.0. The van der Waals surface area contributed by atoms with Gasteiger partial charge < -0.3 is 5.32 Å². The molecule has 0 atom stereocenters. The number of rotatable bonds is 3. The SMILES string of the molecule is CCc1nc(Cc2ccc(C)c(C)c2)nc2c1CNCC2. The maximum atomic E-state index is 4.82. The van der Waals surface area contributed by atoms with Crippen molar-refractivity contribution in [2.24, 2.45) is 0 Å². The second kappa shape index (κ2) is 5.94. The molecule has 0 bridgehead atoms. The highest BCUT2D eigenvalue weighted by molar-refractivity contribution is 5.33. The van der Waals surface area contributed by atoms with E-state index in [9.17, 15) is 0 Å². The second-order valence-corrected chi connectivity index (χ2v) is 5.89. The summed E-state index contributed by atoms with van der Waals surface area (Å²) in [5.74, 6) is 0.968. The molecule has 110 valence electrons. The van der Waals surface area contributed by atoms with Crippen LogP contribution in [0, 0.1) is 13.8 Å². The highest BCUT2D eigenvalue weighted by Gasteiger charge is 2.16. The van der Waals surface area contributed by atoms with Crippen molar-refractivity contribution in [1.29, 1.82) is 0 Å². The van der Waals surface area contributed by atoms with Gasteiger partial charge >= 0.3 is 0 Å². The third-order valence-corrected chi connectivity index (χ3v) is 4.33. The smallest absolute Gasteiger partial charge is 0.133 e. The summed E-state index contributed by atoms with van der Waals surface area (Å²) >= 11 is 0. The van der Waals surface area contributed by atoms with Crippen molar-refractivity contribution >= 4 is 0 Å². The van der Waals surface area contributed by atoms with Crippen molar-refractivity contribution in [1.82, 2.24) is 15.3 Å².